The number of benzene rings is 3. The van der Waals surface area contributed by atoms with E-state index in [1.165, 1.54) is 5.56 Å². The number of aromatic nitrogens is 2. The second-order valence-electron chi connectivity index (χ2n) is 8.21. The van der Waals surface area contributed by atoms with Gasteiger partial charge in [0.1, 0.15) is 18.2 Å². The average molecular weight is 456 g/mol. The second-order valence-corrected chi connectivity index (χ2v) is 8.21. The first kappa shape index (κ1) is 21.7. The van der Waals surface area contributed by atoms with Crippen LogP contribution in [0.25, 0.3) is 22.4 Å². The van der Waals surface area contributed by atoms with Gasteiger partial charge in [-0.1, -0.05) is 18.2 Å². The number of rotatable bonds is 6. The molecule has 5 rings (SSSR count). The number of aromatic amines is 1. The number of nitrogens with one attached hydrogen (secondary N) is 1. The lowest BCUT2D eigenvalue weighted by molar-refractivity contribution is -0.119. The van der Waals surface area contributed by atoms with Crippen LogP contribution in [-0.2, 0) is 16.0 Å². The smallest absolute Gasteiger partial charge is 0.338 e. The SMILES string of the molecule is COc1ccc(-c2nc3ccc(C(=O)OCCC(=O)N4CCCc5ccccc54)cc3[nH]2)cc1. The number of amides is 1. The zero-order valence-electron chi connectivity index (χ0n) is 18.9. The van der Waals surface area contributed by atoms with Gasteiger partial charge in [-0.05, 0) is 66.9 Å². The van der Waals surface area contributed by atoms with Gasteiger partial charge in [0.05, 0.1) is 30.1 Å². The minimum Gasteiger partial charge on any atom is -0.497 e. The molecule has 0 atom stereocenters. The lowest BCUT2D eigenvalue weighted by atomic mass is 10.0. The Kier molecular flexibility index (Phi) is 5.99. The number of nitrogens with zero attached hydrogens (tertiary/aromatic N) is 2. The normalized spacial score (nSPS) is 12.9. The summed E-state index contributed by atoms with van der Waals surface area (Å²) in [6, 6.07) is 20.7. The number of hydrogen-bond donors (Lipinski definition) is 1. The zero-order chi connectivity index (χ0) is 23.5. The molecular formula is C27H25N3O4. The molecule has 1 N–H and O–H groups in total. The highest BCUT2D eigenvalue weighted by atomic mass is 16.5. The summed E-state index contributed by atoms with van der Waals surface area (Å²) in [5.74, 6) is 0.978. The molecule has 7 nitrogen and oxygen atoms in total. The molecule has 0 fully saturated rings. The van der Waals surface area contributed by atoms with E-state index in [-0.39, 0.29) is 18.9 Å². The van der Waals surface area contributed by atoms with Crippen molar-refractivity contribution in [1.82, 2.24) is 9.97 Å². The number of carbonyl (C=O) groups is 2. The largest absolute Gasteiger partial charge is 0.497 e. The highest BCUT2D eigenvalue weighted by Gasteiger charge is 2.22. The molecular weight excluding hydrogens is 430 g/mol. The molecule has 34 heavy (non-hydrogen) atoms. The van der Waals surface area contributed by atoms with Gasteiger partial charge in [0.25, 0.3) is 0 Å². The maximum Gasteiger partial charge on any atom is 0.338 e. The van der Waals surface area contributed by atoms with Crippen molar-refractivity contribution in [3.8, 4) is 17.1 Å². The number of hydrogen-bond acceptors (Lipinski definition) is 5. The number of para-hydroxylation sites is 1. The molecule has 172 valence electrons. The number of fused-ring (bicyclic) bond motifs is 2. The Balaban J connectivity index is 1.22. The van der Waals surface area contributed by atoms with Crippen molar-refractivity contribution in [1.29, 1.82) is 0 Å². The second kappa shape index (κ2) is 9.39. The van der Waals surface area contributed by atoms with E-state index in [0.29, 0.717) is 17.9 Å². The van der Waals surface area contributed by atoms with Gasteiger partial charge in [-0.3, -0.25) is 4.79 Å². The van der Waals surface area contributed by atoms with Gasteiger partial charge >= 0.3 is 5.97 Å². The molecule has 3 aromatic carbocycles. The quantitative estimate of drug-likeness (QED) is 0.424. The van der Waals surface area contributed by atoms with Crippen molar-refractivity contribution in [3.05, 3.63) is 77.9 Å². The molecule has 0 saturated carbocycles. The first-order chi connectivity index (χ1) is 16.6. The topological polar surface area (TPSA) is 84.5 Å². The predicted molar refractivity (Wildman–Crippen MR) is 130 cm³/mol. The third-order valence-electron chi connectivity index (χ3n) is 6.04. The first-order valence-corrected chi connectivity index (χ1v) is 11.3. The number of aryl methyl sites for hydroxylation is 1. The Morgan fingerprint density at radius 3 is 2.71 bits per heavy atom. The van der Waals surface area contributed by atoms with Crippen molar-refractivity contribution in [2.45, 2.75) is 19.3 Å². The lowest BCUT2D eigenvalue weighted by Crippen LogP contribution is -2.36. The number of H-pyrrole nitrogens is 1. The van der Waals surface area contributed by atoms with Gasteiger partial charge in [-0.15, -0.1) is 0 Å². The van der Waals surface area contributed by atoms with Crippen molar-refractivity contribution < 1.29 is 19.1 Å². The molecule has 1 aliphatic rings. The third kappa shape index (κ3) is 4.37. The number of esters is 1. The van der Waals surface area contributed by atoms with E-state index in [1.807, 2.05) is 42.5 Å². The summed E-state index contributed by atoms with van der Waals surface area (Å²) in [6.07, 6.45) is 2.06. The molecule has 0 unspecified atom stereocenters. The van der Waals surface area contributed by atoms with E-state index >= 15 is 0 Å². The summed E-state index contributed by atoms with van der Waals surface area (Å²) >= 11 is 0. The number of methoxy groups -OCH3 is 1. The van der Waals surface area contributed by atoms with Gasteiger partial charge < -0.3 is 19.4 Å². The van der Waals surface area contributed by atoms with Gasteiger partial charge in [-0.25, -0.2) is 9.78 Å². The maximum atomic E-state index is 12.7. The van der Waals surface area contributed by atoms with Crippen LogP contribution >= 0.6 is 0 Å². The zero-order valence-corrected chi connectivity index (χ0v) is 18.9. The Morgan fingerprint density at radius 2 is 1.88 bits per heavy atom. The molecule has 0 spiro atoms. The van der Waals surface area contributed by atoms with Crippen LogP contribution in [-0.4, -0.2) is 42.1 Å². The summed E-state index contributed by atoms with van der Waals surface area (Å²) in [5, 5.41) is 0. The summed E-state index contributed by atoms with van der Waals surface area (Å²) in [7, 11) is 1.62. The first-order valence-electron chi connectivity index (χ1n) is 11.3. The van der Waals surface area contributed by atoms with Gasteiger partial charge in [-0.2, -0.15) is 0 Å². The van der Waals surface area contributed by atoms with Crippen LogP contribution in [0.15, 0.2) is 66.7 Å². The van der Waals surface area contributed by atoms with E-state index in [9.17, 15) is 9.59 Å². The van der Waals surface area contributed by atoms with Gasteiger partial charge in [0.2, 0.25) is 5.91 Å². The van der Waals surface area contributed by atoms with Crippen LogP contribution < -0.4 is 9.64 Å². The number of carbonyl (C=O) groups excluding carboxylic acids is 2. The molecule has 2 heterocycles. The highest BCUT2D eigenvalue weighted by molar-refractivity contribution is 5.96. The van der Waals surface area contributed by atoms with Crippen molar-refractivity contribution in [2.24, 2.45) is 0 Å². The van der Waals surface area contributed by atoms with E-state index in [0.717, 1.165) is 40.9 Å². The summed E-state index contributed by atoms with van der Waals surface area (Å²) in [6.45, 7) is 0.727. The fourth-order valence-electron chi connectivity index (χ4n) is 4.26. The minimum absolute atomic E-state index is 0.0342. The predicted octanol–water partition coefficient (Wildman–Crippen LogP) is 4.76. The van der Waals surface area contributed by atoms with E-state index in [1.54, 1.807) is 30.2 Å². The fraction of sp³-hybridized carbons (Fsp3) is 0.222. The molecule has 4 aromatic rings. The molecule has 0 radical (unpaired) electrons. The summed E-state index contributed by atoms with van der Waals surface area (Å²) in [5.41, 5.74) is 4.96. The summed E-state index contributed by atoms with van der Waals surface area (Å²) in [4.78, 5) is 35.0. The summed E-state index contributed by atoms with van der Waals surface area (Å²) < 4.78 is 10.6. The van der Waals surface area contributed by atoms with E-state index < -0.39 is 5.97 Å². The Bertz CT molecular complexity index is 1340. The molecule has 7 heteroatoms. The van der Waals surface area contributed by atoms with Crippen LogP contribution in [0, 0.1) is 0 Å². The average Bonchev–Trinajstić information content (AvgIpc) is 3.31. The maximum absolute atomic E-state index is 12.7. The lowest BCUT2D eigenvalue weighted by Gasteiger charge is -2.29. The molecule has 0 saturated heterocycles. The third-order valence-corrected chi connectivity index (χ3v) is 6.04. The van der Waals surface area contributed by atoms with Crippen molar-refractivity contribution in [2.75, 3.05) is 25.2 Å². The van der Waals surface area contributed by atoms with Crippen LogP contribution in [0.5, 0.6) is 5.75 Å². The van der Waals surface area contributed by atoms with Gasteiger partial charge in [0, 0.05) is 17.8 Å². The van der Waals surface area contributed by atoms with E-state index in [2.05, 4.69) is 16.0 Å². The van der Waals surface area contributed by atoms with Crippen LogP contribution in [0.2, 0.25) is 0 Å². The van der Waals surface area contributed by atoms with Crippen molar-refractivity contribution in [3.63, 3.8) is 0 Å². The Hall–Kier alpha value is -4.13. The van der Waals surface area contributed by atoms with E-state index in [4.69, 9.17) is 9.47 Å². The number of anilines is 1. The fourth-order valence-corrected chi connectivity index (χ4v) is 4.26. The highest BCUT2D eigenvalue weighted by Crippen LogP contribution is 2.27. The minimum atomic E-state index is -0.464. The van der Waals surface area contributed by atoms with Crippen LogP contribution in [0.1, 0.15) is 28.8 Å². The van der Waals surface area contributed by atoms with Gasteiger partial charge in [0.15, 0.2) is 0 Å². The Labute approximate surface area is 197 Å². The Morgan fingerprint density at radius 1 is 1.06 bits per heavy atom. The molecule has 1 amide bonds. The molecule has 1 aromatic heterocycles. The molecule has 0 bridgehead atoms. The van der Waals surface area contributed by atoms with Crippen molar-refractivity contribution >= 4 is 28.6 Å². The standard InChI is InChI=1S/C27H25N3O4/c1-33-21-11-8-19(9-12-21)26-28-22-13-10-20(17-23(22)29-26)27(32)34-16-14-25(31)30-15-4-6-18-5-2-3-7-24(18)30/h2-3,5,7-13,17H,4,6,14-16H2,1H3,(H,28,29). The van der Waals surface area contributed by atoms with Crippen LogP contribution in [0.3, 0.4) is 0 Å². The number of imidazole rings is 1. The van der Waals surface area contributed by atoms with Crippen LogP contribution in [0.4, 0.5) is 5.69 Å². The molecule has 1 aliphatic heterocycles. The monoisotopic (exact) mass is 455 g/mol. The number of ether oxygens (including phenoxy) is 2. The molecule has 0 aliphatic carbocycles.